The Kier molecular flexibility index (Phi) is 5.35. The number of primary amides is 1. The van der Waals surface area contributed by atoms with Crippen molar-refractivity contribution in [2.24, 2.45) is 17.6 Å². The number of nitrogens with two attached hydrogens (primary N) is 1. The molecule has 0 aromatic carbocycles. The molecule has 0 aliphatic carbocycles. The van der Waals surface area contributed by atoms with Crippen LogP contribution in [0.3, 0.4) is 0 Å². The summed E-state index contributed by atoms with van der Waals surface area (Å²) >= 11 is 0. The zero-order valence-corrected chi connectivity index (χ0v) is 8.67. The first-order chi connectivity index (χ1) is 6.04. The standard InChI is InChI=1S/C10H19NO2/c1-4-6-9(10(11)13)8(5-2)7(3)12/h8-9H,4-6H2,1-3H3,(H2,11,13). The van der Waals surface area contributed by atoms with Gasteiger partial charge in [-0.05, 0) is 19.8 Å². The predicted molar refractivity (Wildman–Crippen MR) is 52.1 cm³/mol. The summed E-state index contributed by atoms with van der Waals surface area (Å²) in [5, 5.41) is 0. The van der Waals surface area contributed by atoms with Gasteiger partial charge in [0, 0.05) is 11.8 Å². The molecule has 0 aromatic rings. The molecule has 0 bridgehead atoms. The van der Waals surface area contributed by atoms with Crippen LogP contribution in [-0.4, -0.2) is 11.7 Å². The Morgan fingerprint density at radius 2 is 1.77 bits per heavy atom. The molecule has 0 rings (SSSR count). The van der Waals surface area contributed by atoms with Gasteiger partial charge in [-0.25, -0.2) is 0 Å². The van der Waals surface area contributed by atoms with Gasteiger partial charge in [0.25, 0.3) is 0 Å². The minimum absolute atomic E-state index is 0.0692. The normalized spacial score (nSPS) is 15.0. The van der Waals surface area contributed by atoms with Crippen molar-refractivity contribution in [3.05, 3.63) is 0 Å². The van der Waals surface area contributed by atoms with Crippen LogP contribution in [0.1, 0.15) is 40.0 Å². The second-order valence-corrected chi connectivity index (χ2v) is 3.42. The number of carbonyl (C=O) groups is 2. The Morgan fingerprint density at radius 1 is 1.23 bits per heavy atom. The van der Waals surface area contributed by atoms with E-state index < -0.39 is 0 Å². The Hall–Kier alpha value is -0.860. The van der Waals surface area contributed by atoms with E-state index in [-0.39, 0.29) is 23.5 Å². The number of carbonyl (C=O) groups excluding carboxylic acids is 2. The van der Waals surface area contributed by atoms with E-state index in [1.165, 1.54) is 6.92 Å². The molecule has 1 amide bonds. The molecule has 0 aromatic heterocycles. The SMILES string of the molecule is CCCC(C(N)=O)C(CC)C(C)=O. The third kappa shape index (κ3) is 3.57. The van der Waals surface area contributed by atoms with Crippen molar-refractivity contribution in [1.82, 2.24) is 0 Å². The molecule has 0 aliphatic rings. The van der Waals surface area contributed by atoms with Gasteiger partial charge in [-0.3, -0.25) is 9.59 Å². The fourth-order valence-corrected chi connectivity index (χ4v) is 1.71. The van der Waals surface area contributed by atoms with Crippen LogP contribution in [-0.2, 0) is 9.59 Å². The monoisotopic (exact) mass is 185 g/mol. The summed E-state index contributed by atoms with van der Waals surface area (Å²) in [7, 11) is 0. The molecule has 2 N–H and O–H groups in total. The van der Waals surface area contributed by atoms with Gasteiger partial charge in [-0.1, -0.05) is 20.3 Å². The Bertz CT molecular complexity index is 189. The van der Waals surface area contributed by atoms with Gasteiger partial charge in [0.05, 0.1) is 0 Å². The largest absolute Gasteiger partial charge is 0.369 e. The van der Waals surface area contributed by atoms with E-state index in [0.29, 0.717) is 12.8 Å². The smallest absolute Gasteiger partial charge is 0.221 e. The van der Waals surface area contributed by atoms with Crippen molar-refractivity contribution in [3.8, 4) is 0 Å². The number of amides is 1. The molecular weight excluding hydrogens is 166 g/mol. The Morgan fingerprint density at radius 3 is 2.00 bits per heavy atom. The van der Waals surface area contributed by atoms with Crippen LogP contribution in [0.2, 0.25) is 0 Å². The summed E-state index contributed by atoms with van der Waals surface area (Å²) in [6, 6.07) is 0. The average Bonchev–Trinajstić information content (AvgIpc) is 2.03. The first-order valence-corrected chi connectivity index (χ1v) is 4.84. The van der Waals surface area contributed by atoms with Gasteiger partial charge in [0.2, 0.25) is 5.91 Å². The molecule has 0 heterocycles. The third-order valence-electron chi connectivity index (χ3n) is 2.41. The molecule has 76 valence electrons. The van der Waals surface area contributed by atoms with Gasteiger partial charge in [0.1, 0.15) is 5.78 Å². The lowest BCUT2D eigenvalue weighted by atomic mass is 9.83. The van der Waals surface area contributed by atoms with Gasteiger partial charge in [-0.2, -0.15) is 0 Å². The lowest BCUT2D eigenvalue weighted by Gasteiger charge is -2.20. The highest BCUT2D eigenvalue weighted by Crippen LogP contribution is 2.21. The predicted octanol–water partition coefficient (Wildman–Crippen LogP) is 1.50. The topological polar surface area (TPSA) is 60.2 Å². The van der Waals surface area contributed by atoms with E-state index in [1.807, 2.05) is 13.8 Å². The fourth-order valence-electron chi connectivity index (χ4n) is 1.71. The molecule has 0 saturated carbocycles. The molecule has 2 atom stereocenters. The van der Waals surface area contributed by atoms with Crippen LogP contribution in [0.25, 0.3) is 0 Å². The summed E-state index contributed by atoms with van der Waals surface area (Å²) in [5.41, 5.74) is 5.25. The Balaban J connectivity index is 4.48. The third-order valence-corrected chi connectivity index (χ3v) is 2.41. The maximum Gasteiger partial charge on any atom is 0.221 e. The molecule has 3 nitrogen and oxygen atoms in total. The first kappa shape index (κ1) is 12.1. The van der Waals surface area contributed by atoms with E-state index in [1.54, 1.807) is 0 Å². The van der Waals surface area contributed by atoms with Crippen LogP contribution < -0.4 is 5.73 Å². The molecule has 0 radical (unpaired) electrons. The van der Waals surface area contributed by atoms with Crippen LogP contribution in [0, 0.1) is 11.8 Å². The lowest BCUT2D eigenvalue weighted by molar-refractivity contribution is -0.131. The number of ketones is 1. The fraction of sp³-hybridized carbons (Fsp3) is 0.800. The van der Waals surface area contributed by atoms with Crippen LogP contribution in [0.4, 0.5) is 0 Å². The van der Waals surface area contributed by atoms with E-state index in [9.17, 15) is 9.59 Å². The van der Waals surface area contributed by atoms with Crippen molar-refractivity contribution >= 4 is 11.7 Å². The summed E-state index contributed by atoms with van der Waals surface area (Å²) in [6.45, 7) is 5.43. The van der Waals surface area contributed by atoms with E-state index >= 15 is 0 Å². The van der Waals surface area contributed by atoms with Crippen molar-refractivity contribution in [2.75, 3.05) is 0 Å². The zero-order chi connectivity index (χ0) is 10.4. The zero-order valence-electron chi connectivity index (χ0n) is 8.67. The van der Waals surface area contributed by atoms with Crippen molar-refractivity contribution in [1.29, 1.82) is 0 Å². The van der Waals surface area contributed by atoms with Crippen molar-refractivity contribution in [3.63, 3.8) is 0 Å². The summed E-state index contributed by atoms with van der Waals surface area (Å²) in [5.74, 6) is -0.728. The second-order valence-electron chi connectivity index (χ2n) is 3.42. The highest BCUT2D eigenvalue weighted by Gasteiger charge is 2.27. The quantitative estimate of drug-likeness (QED) is 0.681. The Labute approximate surface area is 79.7 Å². The molecule has 3 heteroatoms. The van der Waals surface area contributed by atoms with Crippen molar-refractivity contribution < 1.29 is 9.59 Å². The minimum atomic E-state index is -0.344. The lowest BCUT2D eigenvalue weighted by Crippen LogP contribution is -2.33. The van der Waals surface area contributed by atoms with E-state index in [4.69, 9.17) is 5.73 Å². The van der Waals surface area contributed by atoms with Crippen LogP contribution in [0.15, 0.2) is 0 Å². The van der Waals surface area contributed by atoms with E-state index in [0.717, 1.165) is 6.42 Å². The molecule has 0 aliphatic heterocycles. The molecule has 2 unspecified atom stereocenters. The van der Waals surface area contributed by atoms with Gasteiger partial charge >= 0.3 is 0 Å². The minimum Gasteiger partial charge on any atom is -0.369 e. The summed E-state index contributed by atoms with van der Waals surface area (Å²) < 4.78 is 0. The highest BCUT2D eigenvalue weighted by atomic mass is 16.1. The van der Waals surface area contributed by atoms with Gasteiger partial charge in [0.15, 0.2) is 0 Å². The molecule has 0 fully saturated rings. The van der Waals surface area contributed by atoms with Crippen LogP contribution >= 0.6 is 0 Å². The number of Topliss-reactive ketones (excluding diaryl/α,β-unsaturated/α-hetero) is 1. The number of rotatable bonds is 6. The summed E-state index contributed by atoms with van der Waals surface area (Å²) in [4.78, 5) is 22.3. The average molecular weight is 185 g/mol. The van der Waals surface area contributed by atoms with Gasteiger partial charge in [-0.15, -0.1) is 0 Å². The van der Waals surface area contributed by atoms with E-state index in [2.05, 4.69) is 0 Å². The number of hydrogen-bond donors (Lipinski definition) is 1. The number of hydrogen-bond acceptors (Lipinski definition) is 2. The van der Waals surface area contributed by atoms with Crippen molar-refractivity contribution in [2.45, 2.75) is 40.0 Å². The maximum absolute atomic E-state index is 11.2. The molecular formula is C10H19NO2. The molecule has 0 saturated heterocycles. The molecule has 0 spiro atoms. The maximum atomic E-state index is 11.2. The second kappa shape index (κ2) is 5.73. The molecule has 13 heavy (non-hydrogen) atoms. The first-order valence-electron chi connectivity index (χ1n) is 4.84. The van der Waals surface area contributed by atoms with Gasteiger partial charge < -0.3 is 5.73 Å². The van der Waals surface area contributed by atoms with Crippen LogP contribution in [0.5, 0.6) is 0 Å². The summed E-state index contributed by atoms with van der Waals surface area (Å²) in [6.07, 6.45) is 2.30. The highest BCUT2D eigenvalue weighted by molar-refractivity contribution is 5.86.